The molecule has 1 aliphatic heterocycles. The molecule has 0 saturated carbocycles. The number of anilines is 1. The Kier molecular flexibility index (Phi) is 7.29. The van der Waals surface area contributed by atoms with Crippen molar-refractivity contribution < 1.29 is 22.7 Å². The van der Waals surface area contributed by atoms with Crippen molar-refractivity contribution >= 4 is 38.0 Å². The summed E-state index contributed by atoms with van der Waals surface area (Å²) in [6.07, 6.45) is 3.00. The van der Waals surface area contributed by atoms with E-state index in [1.165, 1.54) is 11.3 Å². The molecular weight excluding hydrogens is 484 g/mol. The Bertz CT molecular complexity index is 1230. The van der Waals surface area contributed by atoms with Gasteiger partial charge in [0.25, 0.3) is 11.8 Å². The summed E-state index contributed by atoms with van der Waals surface area (Å²) in [7, 11) is -3.12. The number of aryl methyl sites for hydroxylation is 1. The van der Waals surface area contributed by atoms with E-state index in [1.807, 2.05) is 25.1 Å². The molecule has 1 aromatic carbocycles. The van der Waals surface area contributed by atoms with Crippen LogP contribution in [0.1, 0.15) is 60.0 Å². The van der Waals surface area contributed by atoms with Gasteiger partial charge >= 0.3 is 0 Å². The molecule has 7 nitrogen and oxygen atoms in total. The molecule has 2 atom stereocenters. The highest BCUT2D eigenvalue weighted by molar-refractivity contribution is 7.91. The van der Waals surface area contributed by atoms with Crippen molar-refractivity contribution in [2.75, 3.05) is 23.4 Å². The predicted octanol–water partition coefficient (Wildman–Crippen LogP) is 4.14. The molecule has 190 valence electrons. The highest BCUT2D eigenvalue weighted by Crippen LogP contribution is 2.44. The number of hydrogen-bond donors (Lipinski definition) is 2. The molecule has 0 radical (unpaired) electrons. The van der Waals surface area contributed by atoms with Crippen LogP contribution < -0.4 is 15.4 Å². The first-order valence-electron chi connectivity index (χ1n) is 12.1. The molecule has 0 unspecified atom stereocenters. The summed E-state index contributed by atoms with van der Waals surface area (Å²) in [5.41, 5.74) is 2.64. The van der Waals surface area contributed by atoms with Crippen molar-refractivity contribution in [3.63, 3.8) is 0 Å². The van der Waals surface area contributed by atoms with Gasteiger partial charge in [-0.15, -0.1) is 11.3 Å². The van der Waals surface area contributed by atoms with Crippen LogP contribution in [0.15, 0.2) is 24.3 Å². The lowest BCUT2D eigenvalue weighted by Crippen LogP contribution is -2.36. The Morgan fingerprint density at radius 1 is 1.20 bits per heavy atom. The summed E-state index contributed by atoms with van der Waals surface area (Å²) < 4.78 is 29.4. The van der Waals surface area contributed by atoms with E-state index in [-0.39, 0.29) is 35.3 Å². The number of ether oxygens (including phenoxy) is 1. The summed E-state index contributed by atoms with van der Waals surface area (Å²) in [4.78, 5) is 27.3. The molecule has 35 heavy (non-hydrogen) atoms. The van der Waals surface area contributed by atoms with E-state index in [9.17, 15) is 18.0 Å². The van der Waals surface area contributed by atoms with E-state index in [4.69, 9.17) is 4.74 Å². The van der Waals surface area contributed by atoms with Crippen LogP contribution >= 0.6 is 11.3 Å². The van der Waals surface area contributed by atoms with Crippen molar-refractivity contribution in [1.29, 1.82) is 0 Å². The maximum Gasteiger partial charge on any atom is 0.262 e. The highest BCUT2D eigenvalue weighted by atomic mass is 32.2. The summed E-state index contributed by atoms with van der Waals surface area (Å²) in [6.45, 7) is 8.48. The number of carbonyl (C=O) groups excluding carboxylic acids is 2. The van der Waals surface area contributed by atoms with Gasteiger partial charge < -0.3 is 15.4 Å². The van der Waals surface area contributed by atoms with E-state index in [1.54, 1.807) is 6.07 Å². The third kappa shape index (κ3) is 6.25. The molecule has 9 heteroatoms. The number of hydrogen-bond acceptors (Lipinski definition) is 6. The molecule has 1 saturated heterocycles. The van der Waals surface area contributed by atoms with Crippen molar-refractivity contribution in [3.8, 4) is 5.75 Å². The second-order valence-corrected chi connectivity index (χ2v) is 14.1. The third-order valence-corrected chi connectivity index (χ3v) is 9.83. The van der Waals surface area contributed by atoms with Gasteiger partial charge in [-0.2, -0.15) is 0 Å². The summed E-state index contributed by atoms with van der Waals surface area (Å²) in [6, 6.07) is 7.08. The maximum absolute atomic E-state index is 13.4. The predicted molar refractivity (Wildman–Crippen MR) is 139 cm³/mol. The average Bonchev–Trinajstić information content (AvgIpc) is 3.29. The normalized spacial score (nSPS) is 21.3. The molecule has 2 heterocycles. The number of nitrogens with one attached hydrogen (secondary N) is 2. The Morgan fingerprint density at radius 3 is 2.63 bits per heavy atom. The number of carbonyl (C=O) groups is 2. The van der Waals surface area contributed by atoms with Crippen molar-refractivity contribution in [3.05, 3.63) is 45.8 Å². The molecule has 1 fully saturated rings. The Morgan fingerprint density at radius 2 is 1.97 bits per heavy atom. The molecule has 2 aliphatic rings. The Balaban J connectivity index is 1.54. The first kappa shape index (κ1) is 25.7. The lowest BCUT2D eigenvalue weighted by molar-refractivity contribution is -0.118. The van der Waals surface area contributed by atoms with E-state index in [0.29, 0.717) is 28.7 Å². The van der Waals surface area contributed by atoms with Gasteiger partial charge in [0, 0.05) is 10.9 Å². The van der Waals surface area contributed by atoms with Crippen LogP contribution in [0.3, 0.4) is 0 Å². The van der Waals surface area contributed by atoms with Gasteiger partial charge in [0.15, 0.2) is 16.4 Å². The zero-order chi connectivity index (χ0) is 25.4. The standard InChI is InChI=1S/C26H34N2O5S2/c1-16-6-5-7-19(12-16)33-14-22(29)28-25-23(24(30)27-18-10-11-35(31,32)15-18)20-9-8-17(26(2,3)4)13-21(20)34-25/h5-7,12,17-18H,8-11,13-15H2,1-4H3,(H,27,30)(H,28,29)/t17-,18-/m0/s1. The second kappa shape index (κ2) is 9.93. The summed E-state index contributed by atoms with van der Waals surface area (Å²) in [5.74, 6) is 0.497. The van der Waals surface area contributed by atoms with Crippen LogP contribution in [0.4, 0.5) is 5.00 Å². The fourth-order valence-corrected chi connectivity index (χ4v) is 7.85. The van der Waals surface area contributed by atoms with Gasteiger partial charge in [0.2, 0.25) is 0 Å². The molecule has 1 aliphatic carbocycles. The van der Waals surface area contributed by atoms with Crippen molar-refractivity contribution in [1.82, 2.24) is 5.32 Å². The Hall–Kier alpha value is -2.39. The molecule has 2 aromatic rings. The average molecular weight is 519 g/mol. The number of amides is 2. The largest absolute Gasteiger partial charge is 0.484 e. The van der Waals surface area contributed by atoms with Crippen LogP contribution in [0, 0.1) is 18.3 Å². The van der Waals surface area contributed by atoms with Crippen molar-refractivity contribution in [2.45, 2.75) is 59.4 Å². The number of benzene rings is 1. The molecule has 0 bridgehead atoms. The minimum absolute atomic E-state index is 0.0385. The molecular formula is C26H34N2O5S2. The van der Waals surface area contributed by atoms with E-state index < -0.39 is 15.9 Å². The van der Waals surface area contributed by atoms with Crippen LogP contribution in [0.25, 0.3) is 0 Å². The van der Waals surface area contributed by atoms with Gasteiger partial charge in [-0.3, -0.25) is 9.59 Å². The Labute approximate surface area is 211 Å². The SMILES string of the molecule is Cc1cccc(OCC(=O)Nc2sc3c(c2C(=O)N[C@H]2CCS(=O)(=O)C2)CC[C@H](C(C)(C)C)C3)c1. The lowest BCUT2D eigenvalue weighted by atomic mass is 9.72. The first-order chi connectivity index (χ1) is 16.4. The molecule has 2 amide bonds. The topological polar surface area (TPSA) is 102 Å². The number of rotatable bonds is 6. The minimum Gasteiger partial charge on any atom is -0.484 e. The quantitative estimate of drug-likeness (QED) is 0.599. The molecule has 1 aromatic heterocycles. The van der Waals surface area contributed by atoms with Gasteiger partial charge in [-0.1, -0.05) is 32.9 Å². The minimum atomic E-state index is -3.12. The fourth-order valence-electron chi connectivity index (χ4n) is 4.84. The summed E-state index contributed by atoms with van der Waals surface area (Å²) in [5, 5.41) is 6.33. The smallest absolute Gasteiger partial charge is 0.262 e. The van der Waals surface area contributed by atoms with Gasteiger partial charge in [-0.25, -0.2) is 8.42 Å². The zero-order valence-corrected chi connectivity index (χ0v) is 22.4. The maximum atomic E-state index is 13.4. The molecule has 2 N–H and O–H groups in total. The van der Waals surface area contributed by atoms with Crippen molar-refractivity contribution in [2.24, 2.45) is 11.3 Å². The highest BCUT2D eigenvalue weighted by Gasteiger charge is 2.36. The number of fused-ring (bicyclic) bond motifs is 1. The first-order valence-corrected chi connectivity index (χ1v) is 14.7. The van der Waals surface area contributed by atoms with Gasteiger partial charge in [0.05, 0.1) is 17.1 Å². The molecule has 0 spiro atoms. The van der Waals surface area contributed by atoms with E-state index >= 15 is 0 Å². The number of sulfone groups is 1. The van der Waals surface area contributed by atoms with E-state index in [0.717, 1.165) is 35.3 Å². The zero-order valence-electron chi connectivity index (χ0n) is 20.8. The van der Waals surface area contributed by atoms with Crippen LogP contribution in [0.2, 0.25) is 0 Å². The lowest BCUT2D eigenvalue weighted by Gasteiger charge is -2.33. The van der Waals surface area contributed by atoms with Crippen LogP contribution in [0.5, 0.6) is 5.75 Å². The van der Waals surface area contributed by atoms with Gasteiger partial charge in [0.1, 0.15) is 10.8 Å². The van der Waals surface area contributed by atoms with Crippen LogP contribution in [-0.4, -0.2) is 44.4 Å². The molecule has 4 rings (SSSR count). The number of thiophene rings is 1. The summed E-state index contributed by atoms with van der Waals surface area (Å²) >= 11 is 1.45. The second-order valence-electron chi connectivity index (χ2n) is 10.7. The third-order valence-electron chi connectivity index (χ3n) is 6.90. The van der Waals surface area contributed by atoms with Gasteiger partial charge in [-0.05, 0) is 67.2 Å². The monoisotopic (exact) mass is 518 g/mol. The van der Waals surface area contributed by atoms with Crippen LogP contribution in [-0.2, 0) is 27.5 Å². The van der Waals surface area contributed by atoms with E-state index in [2.05, 4.69) is 31.4 Å². The fraction of sp³-hybridized carbons (Fsp3) is 0.538.